The van der Waals surface area contributed by atoms with Crippen molar-refractivity contribution in [3.8, 4) is 0 Å². The van der Waals surface area contributed by atoms with Crippen molar-refractivity contribution in [3.63, 3.8) is 0 Å². The fourth-order valence-electron chi connectivity index (χ4n) is 3.89. The van der Waals surface area contributed by atoms with Crippen LogP contribution in [0.4, 0.5) is 11.4 Å². The second kappa shape index (κ2) is 9.79. The number of hydrogen-bond acceptors (Lipinski definition) is 3. The average Bonchev–Trinajstić information content (AvgIpc) is 3.30. The summed E-state index contributed by atoms with van der Waals surface area (Å²) in [5, 5.41) is 7.04. The lowest BCUT2D eigenvalue weighted by molar-refractivity contribution is -0.115. The number of benzene rings is 3. The summed E-state index contributed by atoms with van der Waals surface area (Å²) in [5.41, 5.74) is 4.14. The predicted molar refractivity (Wildman–Crippen MR) is 124 cm³/mol. The van der Waals surface area contributed by atoms with Gasteiger partial charge in [0.15, 0.2) is 0 Å². The normalized spacial score (nSPS) is 14.5. The van der Waals surface area contributed by atoms with E-state index in [-0.39, 0.29) is 18.5 Å². The SMILES string of the molecule is O=C(CNC(c1ccccc1)c1cccc(Cl)c1)Nc1ccc(N2CCCC2)cc1. The lowest BCUT2D eigenvalue weighted by atomic mass is 9.99. The van der Waals surface area contributed by atoms with Gasteiger partial charge in [-0.25, -0.2) is 0 Å². The fourth-order valence-corrected chi connectivity index (χ4v) is 4.09. The van der Waals surface area contributed by atoms with Crippen LogP contribution in [0.15, 0.2) is 78.9 Å². The van der Waals surface area contributed by atoms with Crippen molar-refractivity contribution in [1.82, 2.24) is 5.32 Å². The molecule has 3 aromatic carbocycles. The summed E-state index contributed by atoms with van der Waals surface area (Å²) in [5.74, 6) is -0.0770. The van der Waals surface area contributed by atoms with Crippen molar-refractivity contribution >= 4 is 28.9 Å². The molecule has 1 aliphatic heterocycles. The van der Waals surface area contributed by atoms with Crippen LogP contribution in [0.25, 0.3) is 0 Å². The van der Waals surface area contributed by atoms with Gasteiger partial charge in [-0.15, -0.1) is 0 Å². The van der Waals surface area contributed by atoms with E-state index < -0.39 is 0 Å². The Morgan fingerprint density at radius 2 is 1.60 bits per heavy atom. The Balaban J connectivity index is 1.40. The number of carbonyl (C=O) groups excluding carboxylic acids is 1. The van der Waals surface area contributed by atoms with Crippen LogP contribution in [-0.4, -0.2) is 25.5 Å². The maximum absolute atomic E-state index is 12.6. The zero-order valence-electron chi connectivity index (χ0n) is 16.9. The highest BCUT2D eigenvalue weighted by atomic mass is 35.5. The number of halogens is 1. The highest BCUT2D eigenvalue weighted by Gasteiger charge is 2.16. The van der Waals surface area contributed by atoms with Gasteiger partial charge in [0.1, 0.15) is 0 Å². The monoisotopic (exact) mass is 419 g/mol. The van der Waals surface area contributed by atoms with E-state index in [4.69, 9.17) is 11.6 Å². The molecule has 0 aromatic heterocycles. The minimum atomic E-state index is -0.117. The van der Waals surface area contributed by atoms with Crippen molar-refractivity contribution in [2.45, 2.75) is 18.9 Å². The Morgan fingerprint density at radius 1 is 0.900 bits per heavy atom. The first-order chi connectivity index (χ1) is 14.7. The van der Waals surface area contributed by atoms with E-state index in [1.165, 1.54) is 18.5 Å². The maximum Gasteiger partial charge on any atom is 0.238 e. The molecule has 2 N–H and O–H groups in total. The van der Waals surface area contributed by atoms with Crippen LogP contribution in [-0.2, 0) is 4.79 Å². The lowest BCUT2D eigenvalue weighted by Gasteiger charge is -2.20. The van der Waals surface area contributed by atoms with Gasteiger partial charge in [-0.05, 0) is 60.4 Å². The molecule has 30 heavy (non-hydrogen) atoms. The Bertz CT molecular complexity index is 969. The topological polar surface area (TPSA) is 44.4 Å². The smallest absolute Gasteiger partial charge is 0.238 e. The number of rotatable bonds is 7. The number of hydrogen-bond donors (Lipinski definition) is 2. The Kier molecular flexibility index (Phi) is 6.67. The summed E-state index contributed by atoms with van der Waals surface area (Å²) >= 11 is 6.20. The minimum absolute atomic E-state index is 0.0770. The number of carbonyl (C=O) groups is 1. The van der Waals surface area contributed by atoms with Crippen LogP contribution in [0.2, 0.25) is 5.02 Å². The van der Waals surface area contributed by atoms with Gasteiger partial charge in [0, 0.05) is 29.5 Å². The molecule has 1 atom stereocenters. The van der Waals surface area contributed by atoms with Gasteiger partial charge in [-0.2, -0.15) is 0 Å². The van der Waals surface area contributed by atoms with E-state index in [1.807, 2.05) is 66.7 Å². The van der Waals surface area contributed by atoms with E-state index in [1.54, 1.807) is 0 Å². The number of nitrogens with one attached hydrogen (secondary N) is 2. The van der Waals surface area contributed by atoms with Gasteiger partial charge in [-0.1, -0.05) is 54.1 Å². The first kappa shape index (κ1) is 20.5. The van der Waals surface area contributed by atoms with Gasteiger partial charge >= 0.3 is 0 Å². The molecule has 1 unspecified atom stereocenters. The molecular weight excluding hydrogens is 394 g/mol. The van der Waals surface area contributed by atoms with E-state index in [2.05, 4.69) is 27.7 Å². The molecule has 5 heteroatoms. The van der Waals surface area contributed by atoms with Crippen molar-refractivity contribution in [1.29, 1.82) is 0 Å². The molecule has 4 nitrogen and oxygen atoms in total. The summed E-state index contributed by atoms with van der Waals surface area (Å²) in [6, 6.07) is 25.8. The molecule has 1 saturated heterocycles. The molecule has 0 spiro atoms. The standard InChI is InChI=1S/C25H26ClN3O/c26-21-10-6-9-20(17-21)25(19-7-2-1-3-8-19)27-18-24(30)28-22-11-13-23(14-12-22)29-15-4-5-16-29/h1-3,6-14,17,25,27H,4-5,15-16,18H2,(H,28,30). The van der Waals surface area contributed by atoms with E-state index in [0.29, 0.717) is 5.02 Å². The predicted octanol–water partition coefficient (Wildman–Crippen LogP) is 5.26. The van der Waals surface area contributed by atoms with Crippen LogP contribution < -0.4 is 15.5 Å². The average molecular weight is 420 g/mol. The van der Waals surface area contributed by atoms with Crippen molar-refractivity contribution in [2.24, 2.45) is 0 Å². The Morgan fingerprint density at radius 3 is 2.30 bits per heavy atom. The quantitative estimate of drug-likeness (QED) is 0.549. The van der Waals surface area contributed by atoms with Gasteiger partial charge in [-0.3, -0.25) is 10.1 Å². The molecule has 154 valence electrons. The molecule has 0 saturated carbocycles. The first-order valence-corrected chi connectivity index (χ1v) is 10.8. The number of anilines is 2. The zero-order chi connectivity index (χ0) is 20.8. The summed E-state index contributed by atoms with van der Waals surface area (Å²) in [6.07, 6.45) is 2.50. The molecule has 3 aromatic rings. The van der Waals surface area contributed by atoms with Crippen LogP contribution in [0.5, 0.6) is 0 Å². The third kappa shape index (κ3) is 5.21. The molecule has 1 fully saturated rings. The molecule has 0 aliphatic carbocycles. The zero-order valence-corrected chi connectivity index (χ0v) is 17.6. The van der Waals surface area contributed by atoms with E-state index in [0.717, 1.165) is 29.9 Å². The Hall–Kier alpha value is -2.82. The highest BCUT2D eigenvalue weighted by Crippen LogP contribution is 2.25. The van der Waals surface area contributed by atoms with Gasteiger partial charge in [0.2, 0.25) is 5.91 Å². The second-order valence-electron chi connectivity index (χ2n) is 7.57. The third-order valence-corrected chi connectivity index (χ3v) is 5.64. The summed E-state index contributed by atoms with van der Waals surface area (Å²) < 4.78 is 0. The van der Waals surface area contributed by atoms with Crippen molar-refractivity contribution in [3.05, 3.63) is 95.0 Å². The van der Waals surface area contributed by atoms with E-state index in [9.17, 15) is 4.79 Å². The molecule has 4 rings (SSSR count). The minimum Gasteiger partial charge on any atom is -0.372 e. The number of nitrogens with zero attached hydrogens (tertiary/aromatic N) is 1. The van der Waals surface area contributed by atoms with E-state index >= 15 is 0 Å². The van der Waals surface area contributed by atoms with Gasteiger partial charge in [0.05, 0.1) is 12.6 Å². The molecule has 0 radical (unpaired) electrons. The highest BCUT2D eigenvalue weighted by molar-refractivity contribution is 6.30. The number of amides is 1. The second-order valence-corrected chi connectivity index (χ2v) is 8.01. The third-order valence-electron chi connectivity index (χ3n) is 5.40. The van der Waals surface area contributed by atoms with Gasteiger partial charge < -0.3 is 10.2 Å². The van der Waals surface area contributed by atoms with Crippen LogP contribution in [0.1, 0.15) is 30.0 Å². The largest absolute Gasteiger partial charge is 0.372 e. The first-order valence-electron chi connectivity index (χ1n) is 10.4. The molecule has 1 amide bonds. The van der Waals surface area contributed by atoms with Crippen LogP contribution >= 0.6 is 11.6 Å². The van der Waals surface area contributed by atoms with Gasteiger partial charge in [0.25, 0.3) is 0 Å². The van der Waals surface area contributed by atoms with Crippen molar-refractivity contribution < 1.29 is 4.79 Å². The fraction of sp³-hybridized carbons (Fsp3) is 0.240. The summed E-state index contributed by atoms with van der Waals surface area (Å²) in [6.45, 7) is 2.42. The summed E-state index contributed by atoms with van der Waals surface area (Å²) in [4.78, 5) is 15.0. The van der Waals surface area contributed by atoms with Crippen molar-refractivity contribution in [2.75, 3.05) is 29.9 Å². The molecule has 0 bridgehead atoms. The molecular formula is C25H26ClN3O. The van der Waals surface area contributed by atoms with Crippen LogP contribution in [0.3, 0.4) is 0 Å². The lowest BCUT2D eigenvalue weighted by Crippen LogP contribution is -2.32. The summed E-state index contributed by atoms with van der Waals surface area (Å²) in [7, 11) is 0. The Labute approximate surface area is 182 Å². The molecule has 1 aliphatic rings. The maximum atomic E-state index is 12.6. The molecule has 1 heterocycles. The van der Waals surface area contributed by atoms with Crippen LogP contribution in [0, 0.1) is 0 Å².